The molecule has 0 aromatic heterocycles. The topological polar surface area (TPSA) is 21.3 Å². The van der Waals surface area contributed by atoms with E-state index in [0.29, 0.717) is 12.6 Å². The van der Waals surface area contributed by atoms with E-state index in [-0.39, 0.29) is 0 Å². The van der Waals surface area contributed by atoms with E-state index in [9.17, 15) is 0 Å². The van der Waals surface area contributed by atoms with E-state index in [1.54, 1.807) is 0 Å². The summed E-state index contributed by atoms with van der Waals surface area (Å²) in [7, 11) is 0. The predicted octanol–water partition coefficient (Wildman–Crippen LogP) is 4.24. The molecule has 0 aliphatic heterocycles. The molecule has 0 saturated heterocycles. The van der Waals surface area contributed by atoms with Crippen molar-refractivity contribution in [2.45, 2.75) is 33.4 Å². The number of benzene rings is 2. The third-order valence-corrected chi connectivity index (χ3v) is 3.53. The molecule has 1 atom stereocenters. The maximum atomic E-state index is 5.66. The van der Waals surface area contributed by atoms with Crippen molar-refractivity contribution in [3.63, 3.8) is 0 Å². The lowest BCUT2D eigenvalue weighted by atomic mass is 10.0. The number of rotatable bonds is 6. The highest BCUT2D eigenvalue weighted by Gasteiger charge is 2.08. The highest BCUT2D eigenvalue weighted by atomic mass is 16.5. The molecule has 0 saturated carbocycles. The largest absolute Gasteiger partial charge is 0.494 e. The lowest BCUT2D eigenvalue weighted by Crippen LogP contribution is -2.19. The van der Waals surface area contributed by atoms with Gasteiger partial charge >= 0.3 is 0 Å². The molecule has 2 aromatic carbocycles. The van der Waals surface area contributed by atoms with Gasteiger partial charge in [-0.25, -0.2) is 0 Å². The minimum Gasteiger partial charge on any atom is -0.494 e. The van der Waals surface area contributed by atoms with Crippen molar-refractivity contribution in [1.29, 1.82) is 0 Å². The maximum absolute atomic E-state index is 5.66. The van der Waals surface area contributed by atoms with E-state index < -0.39 is 0 Å². The number of aryl methyl sites for hydroxylation is 1. The van der Waals surface area contributed by atoms with Gasteiger partial charge in [0.15, 0.2) is 0 Å². The van der Waals surface area contributed by atoms with Crippen molar-refractivity contribution in [3.05, 3.63) is 65.2 Å². The van der Waals surface area contributed by atoms with Gasteiger partial charge in [-0.1, -0.05) is 42.5 Å². The Morgan fingerprint density at radius 2 is 1.75 bits per heavy atom. The molecular weight excluding hydrogens is 246 g/mol. The number of nitrogens with one attached hydrogen (secondary N) is 1. The Morgan fingerprint density at radius 3 is 2.50 bits per heavy atom. The molecule has 0 fully saturated rings. The van der Waals surface area contributed by atoms with E-state index in [0.717, 1.165) is 12.3 Å². The minimum absolute atomic E-state index is 0.325. The minimum atomic E-state index is 0.325. The molecule has 0 heterocycles. The van der Waals surface area contributed by atoms with Gasteiger partial charge in [0, 0.05) is 18.2 Å². The number of para-hydroxylation sites is 1. The Kier molecular flexibility index (Phi) is 5.19. The molecule has 0 amide bonds. The molecule has 0 aliphatic rings. The van der Waals surface area contributed by atoms with Crippen LogP contribution in [0.2, 0.25) is 0 Å². The molecule has 2 rings (SSSR count). The molecule has 0 radical (unpaired) electrons. The van der Waals surface area contributed by atoms with Crippen LogP contribution in [0.1, 0.15) is 36.6 Å². The molecule has 0 aliphatic carbocycles. The fraction of sp³-hybridized carbons (Fsp3) is 0.333. The average Bonchev–Trinajstić information content (AvgIpc) is 2.47. The van der Waals surface area contributed by atoms with Crippen LogP contribution in [0.15, 0.2) is 48.5 Å². The monoisotopic (exact) mass is 269 g/mol. The van der Waals surface area contributed by atoms with Gasteiger partial charge in [-0.3, -0.25) is 0 Å². The van der Waals surface area contributed by atoms with Gasteiger partial charge in [-0.05, 0) is 38.0 Å². The van der Waals surface area contributed by atoms with Crippen LogP contribution in [0.4, 0.5) is 0 Å². The summed E-state index contributed by atoms with van der Waals surface area (Å²) >= 11 is 0. The van der Waals surface area contributed by atoms with Gasteiger partial charge in [-0.15, -0.1) is 0 Å². The summed E-state index contributed by atoms with van der Waals surface area (Å²) in [5.74, 6) is 0.972. The second-order valence-electron chi connectivity index (χ2n) is 5.00. The third kappa shape index (κ3) is 3.61. The quantitative estimate of drug-likeness (QED) is 0.846. The van der Waals surface area contributed by atoms with Gasteiger partial charge in [0.2, 0.25) is 0 Å². The molecule has 0 spiro atoms. The third-order valence-electron chi connectivity index (χ3n) is 3.53. The first-order chi connectivity index (χ1) is 9.72. The molecule has 106 valence electrons. The number of hydrogen-bond acceptors (Lipinski definition) is 2. The second kappa shape index (κ2) is 7.11. The summed E-state index contributed by atoms with van der Waals surface area (Å²) in [6.07, 6.45) is 0. The first-order valence-electron chi connectivity index (χ1n) is 7.22. The summed E-state index contributed by atoms with van der Waals surface area (Å²) in [5.41, 5.74) is 3.88. The molecule has 1 N–H and O–H groups in total. The van der Waals surface area contributed by atoms with E-state index >= 15 is 0 Å². The highest BCUT2D eigenvalue weighted by Crippen LogP contribution is 2.21. The summed E-state index contributed by atoms with van der Waals surface area (Å²) in [6, 6.07) is 17.0. The number of hydrogen-bond donors (Lipinski definition) is 1. The summed E-state index contributed by atoms with van der Waals surface area (Å²) < 4.78 is 5.66. The van der Waals surface area contributed by atoms with Gasteiger partial charge in [0.1, 0.15) is 5.75 Å². The van der Waals surface area contributed by atoms with Gasteiger partial charge in [0.05, 0.1) is 6.61 Å². The lowest BCUT2D eigenvalue weighted by Gasteiger charge is -2.18. The standard InChI is InChI=1S/C18H23NO/c1-4-20-18-12-8-6-10-16(18)13-19-15(3)17-11-7-5-9-14(17)2/h5-12,15,19H,4,13H2,1-3H3. The van der Waals surface area contributed by atoms with E-state index in [4.69, 9.17) is 4.74 Å². The van der Waals surface area contributed by atoms with Crippen LogP contribution in [0.25, 0.3) is 0 Å². The van der Waals surface area contributed by atoms with Crippen LogP contribution in [-0.2, 0) is 6.54 Å². The van der Waals surface area contributed by atoms with Crippen molar-refractivity contribution >= 4 is 0 Å². The van der Waals surface area contributed by atoms with E-state index in [2.05, 4.69) is 55.6 Å². The van der Waals surface area contributed by atoms with E-state index in [1.165, 1.54) is 16.7 Å². The smallest absolute Gasteiger partial charge is 0.123 e. The predicted molar refractivity (Wildman–Crippen MR) is 84.0 cm³/mol. The summed E-state index contributed by atoms with van der Waals surface area (Å²) in [6.45, 7) is 7.88. The number of ether oxygens (including phenoxy) is 1. The van der Waals surface area contributed by atoms with E-state index in [1.807, 2.05) is 19.1 Å². The zero-order valence-corrected chi connectivity index (χ0v) is 12.5. The Balaban J connectivity index is 2.04. The van der Waals surface area contributed by atoms with Gasteiger partial charge in [-0.2, -0.15) is 0 Å². The Morgan fingerprint density at radius 1 is 1.05 bits per heavy atom. The molecule has 2 heteroatoms. The Hall–Kier alpha value is -1.80. The molecule has 20 heavy (non-hydrogen) atoms. The van der Waals surface area contributed by atoms with Crippen LogP contribution in [0, 0.1) is 6.92 Å². The van der Waals surface area contributed by atoms with Crippen molar-refractivity contribution in [1.82, 2.24) is 5.32 Å². The van der Waals surface area contributed by atoms with Crippen molar-refractivity contribution in [2.24, 2.45) is 0 Å². The highest BCUT2D eigenvalue weighted by molar-refractivity contribution is 5.34. The maximum Gasteiger partial charge on any atom is 0.123 e. The Bertz CT molecular complexity index is 551. The Labute approximate surface area is 121 Å². The van der Waals surface area contributed by atoms with Crippen molar-refractivity contribution in [3.8, 4) is 5.75 Å². The van der Waals surface area contributed by atoms with Gasteiger partial charge in [0.25, 0.3) is 0 Å². The fourth-order valence-corrected chi connectivity index (χ4v) is 2.39. The molecular formula is C18H23NO. The SMILES string of the molecule is CCOc1ccccc1CNC(C)c1ccccc1C. The molecule has 1 unspecified atom stereocenters. The van der Waals surface area contributed by atoms with Crippen molar-refractivity contribution < 1.29 is 4.74 Å². The van der Waals surface area contributed by atoms with Crippen LogP contribution in [-0.4, -0.2) is 6.61 Å². The normalized spacial score (nSPS) is 12.2. The molecule has 2 aromatic rings. The average molecular weight is 269 g/mol. The first kappa shape index (κ1) is 14.6. The van der Waals surface area contributed by atoms with Crippen LogP contribution < -0.4 is 10.1 Å². The lowest BCUT2D eigenvalue weighted by molar-refractivity contribution is 0.335. The first-order valence-corrected chi connectivity index (χ1v) is 7.22. The van der Waals surface area contributed by atoms with Crippen LogP contribution in [0.3, 0.4) is 0 Å². The molecule has 2 nitrogen and oxygen atoms in total. The second-order valence-corrected chi connectivity index (χ2v) is 5.00. The van der Waals surface area contributed by atoms with Gasteiger partial charge < -0.3 is 10.1 Å². The van der Waals surface area contributed by atoms with Crippen LogP contribution >= 0.6 is 0 Å². The summed E-state index contributed by atoms with van der Waals surface area (Å²) in [5, 5.41) is 3.57. The van der Waals surface area contributed by atoms with Crippen LogP contribution in [0.5, 0.6) is 5.75 Å². The zero-order chi connectivity index (χ0) is 14.4. The van der Waals surface area contributed by atoms with Crippen molar-refractivity contribution in [2.75, 3.05) is 6.61 Å². The summed E-state index contributed by atoms with van der Waals surface area (Å²) in [4.78, 5) is 0. The molecule has 0 bridgehead atoms. The fourth-order valence-electron chi connectivity index (χ4n) is 2.39. The zero-order valence-electron chi connectivity index (χ0n) is 12.5.